The third-order valence-corrected chi connectivity index (χ3v) is 4.06. The summed E-state index contributed by atoms with van der Waals surface area (Å²) in [6.07, 6.45) is 1.85. The van der Waals surface area contributed by atoms with Gasteiger partial charge < -0.3 is 14.8 Å². The molecule has 4 rings (SSSR count). The molecule has 1 N–H and O–H groups in total. The van der Waals surface area contributed by atoms with Crippen molar-refractivity contribution in [2.45, 2.75) is 26.9 Å². The number of hydrogen-bond donors (Lipinski definition) is 1. The molecule has 0 saturated carbocycles. The Morgan fingerprint density at radius 3 is 2.84 bits per heavy atom. The molecule has 2 aromatic heterocycles. The van der Waals surface area contributed by atoms with Gasteiger partial charge in [0.1, 0.15) is 30.8 Å². The van der Waals surface area contributed by atoms with Crippen molar-refractivity contribution in [3.05, 3.63) is 30.1 Å². The van der Waals surface area contributed by atoms with E-state index in [-0.39, 0.29) is 12.5 Å². The van der Waals surface area contributed by atoms with Gasteiger partial charge in [0, 0.05) is 18.3 Å². The summed E-state index contributed by atoms with van der Waals surface area (Å²) in [5.74, 6) is 1.19. The molecule has 3 heterocycles. The minimum atomic E-state index is -0.157. The second-order valence-corrected chi connectivity index (χ2v) is 5.87. The van der Waals surface area contributed by atoms with Crippen LogP contribution in [0.4, 0.5) is 5.69 Å². The highest BCUT2D eigenvalue weighted by molar-refractivity contribution is 5.91. The maximum Gasteiger partial charge on any atom is 0.246 e. The minimum Gasteiger partial charge on any atom is -0.486 e. The van der Waals surface area contributed by atoms with Gasteiger partial charge in [0.2, 0.25) is 5.91 Å². The molecule has 0 saturated heterocycles. The molecule has 0 unspecified atom stereocenters. The predicted molar refractivity (Wildman–Crippen MR) is 92.0 cm³/mol. The zero-order valence-electron chi connectivity index (χ0n) is 14.2. The molecule has 0 bridgehead atoms. The fraction of sp³-hybridized carbons (Fsp3) is 0.353. The number of ether oxygens (including phenoxy) is 2. The molecule has 25 heavy (non-hydrogen) atoms. The number of fused-ring (bicyclic) bond motifs is 2. The maximum atomic E-state index is 12.3. The zero-order valence-corrected chi connectivity index (χ0v) is 14.2. The Morgan fingerprint density at radius 1 is 1.24 bits per heavy atom. The summed E-state index contributed by atoms with van der Waals surface area (Å²) in [6.45, 7) is 5.89. The molecule has 0 spiro atoms. The second kappa shape index (κ2) is 6.12. The molecule has 0 atom stereocenters. The first-order valence-electron chi connectivity index (χ1n) is 8.24. The molecule has 0 aliphatic carbocycles. The van der Waals surface area contributed by atoms with E-state index in [1.54, 1.807) is 22.9 Å². The molecule has 8 heteroatoms. The molecule has 1 aliphatic rings. The van der Waals surface area contributed by atoms with Crippen molar-refractivity contribution in [2.75, 3.05) is 18.5 Å². The van der Waals surface area contributed by atoms with E-state index in [4.69, 9.17) is 9.47 Å². The van der Waals surface area contributed by atoms with Crippen LogP contribution in [0.15, 0.2) is 24.4 Å². The van der Waals surface area contributed by atoms with Crippen molar-refractivity contribution < 1.29 is 14.3 Å². The number of carbonyl (C=O) groups excluding carboxylic acids is 1. The fourth-order valence-electron chi connectivity index (χ4n) is 2.93. The van der Waals surface area contributed by atoms with E-state index in [2.05, 4.69) is 15.5 Å². The number of anilines is 1. The summed E-state index contributed by atoms with van der Waals surface area (Å²) in [4.78, 5) is 12.3. The predicted octanol–water partition coefficient (Wildman–Crippen LogP) is 1.97. The van der Waals surface area contributed by atoms with Crippen LogP contribution in [0, 0.1) is 6.92 Å². The third kappa shape index (κ3) is 2.90. The Morgan fingerprint density at radius 2 is 2.04 bits per heavy atom. The summed E-state index contributed by atoms with van der Waals surface area (Å²) in [7, 11) is 0. The fourth-order valence-corrected chi connectivity index (χ4v) is 2.93. The van der Waals surface area contributed by atoms with Gasteiger partial charge in [0.15, 0.2) is 11.5 Å². The second-order valence-electron chi connectivity index (χ2n) is 5.87. The molecule has 1 amide bonds. The van der Waals surface area contributed by atoms with Crippen LogP contribution in [0.5, 0.6) is 11.5 Å². The molecule has 1 aliphatic heterocycles. The highest BCUT2D eigenvalue weighted by Gasteiger charge is 2.15. The molecular formula is C17H19N5O3. The van der Waals surface area contributed by atoms with Gasteiger partial charge in [-0.2, -0.15) is 10.2 Å². The lowest BCUT2D eigenvalue weighted by Gasteiger charge is -2.19. The number of nitrogens with zero attached hydrogens (tertiary/aromatic N) is 4. The maximum absolute atomic E-state index is 12.3. The average Bonchev–Trinajstić information content (AvgIpc) is 3.14. The van der Waals surface area contributed by atoms with Crippen LogP contribution >= 0.6 is 0 Å². The average molecular weight is 341 g/mol. The number of aromatic nitrogens is 4. The van der Waals surface area contributed by atoms with Gasteiger partial charge in [-0.05, 0) is 26.0 Å². The molecule has 1 aromatic carbocycles. The quantitative estimate of drug-likeness (QED) is 0.784. The largest absolute Gasteiger partial charge is 0.486 e. The zero-order chi connectivity index (χ0) is 17.4. The van der Waals surface area contributed by atoms with Crippen LogP contribution in [0.1, 0.15) is 12.6 Å². The number of amides is 1. The monoisotopic (exact) mass is 341 g/mol. The van der Waals surface area contributed by atoms with E-state index >= 15 is 0 Å². The van der Waals surface area contributed by atoms with Crippen LogP contribution in [-0.4, -0.2) is 38.7 Å². The van der Waals surface area contributed by atoms with Gasteiger partial charge in [0.25, 0.3) is 0 Å². The van der Waals surface area contributed by atoms with Crippen molar-refractivity contribution >= 4 is 22.6 Å². The van der Waals surface area contributed by atoms with Crippen molar-refractivity contribution in [3.63, 3.8) is 0 Å². The van der Waals surface area contributed by atoms with Crippen molar-refractivity contribution in [1.82, 2.24) is 19.6 Å². The molecule has 0 fully saturated rings. The van der Waals surface area contributed by atoms with Gasteiger partial charge in [-0.1, -0.05) is 0 Å². The van der Waals surface area contributed by atoms with E-state index in [1.807, 2.05) is 24.7 Å². The lowest BCUT2D eigenvalue weighted by Crippen LogP contribution is -2.20. The Hall–Kier alpha value is -3.03. The van der Waals surface area contributed by atoms with Gasteiger partial charge in [-0.3, -0.25) is 14.2 Å². The molecule has 8 nitrogen and oxygen atoms in total. The third-order valence-electron chi connectivity index (χ3n) is 4.06. The minimum absolute atomic E-state index is 0.131. The normalized spacial score (nSPS) is 13.2. The van der Waals surface area contributed by atoms with E-state index in [0.29, 0.717) is 30.4 Å². The summed E-state index contributed by atoms with van der Waals surface area (Å²) < 4.78 is 14.5. The number of benzene rings is 1. The van der Waals surface area contributed by atoms with Gasteiger partial charge in [-0.25, -0.2) is 0 Å². The lowest BCUT2D eigenvalue weighted by molar-refractivity contribution is -0.116. The van der Waals surface area contributed by atoms with Crippen LogP contribution in [0.25, 0.3) is 11.0 Å². The smallest absolute Gasteiger partial charge is 0.246 e. The number of hydrogen-bond acceptors (Lipinski definition) is 5. The summed E-state index contributed by atoms with van der Waals surface area (Å²) in [6, 6.07) is 5.36. The molecule has 3 aromatic rings. The summed E-state index contributed by atoms with van der Waals surface area (Å²) in [5, 5.41) is 11.7. The Bertz CT molecular complexity index is 943. The topological polar surface area (TPSA) is 83.2 Å². The highest BCUT2D eigenvalue weighted by Crippen LogP contribution is 2.32. The van der Waals surface area contributed by atoms with Gasteiger partial charge in [-0.15, -0.1) is 0 Å². The highest BCUT2D eigenvalue weighted by atomic mass is 16.6. The van der Waals surface area contributed by atoms with Crippen molar-refractivity contribution in [1.29, 1.82) is 0 Å². The van der Waals surface area contributed by atoms with E-state index < -0.39 is 0 Å². The Balaban J connectivity index is 1.49. The van der Waals surface area contributed by atoms with Gasteiger partial charge >= 0.3 is 0 Å². The molecule has 130 valence electrons. The number of carbonyl (C=O) groups is 1. The van der Waals surface area contributed by atoms with Crippen LogP contribution in [0.3, 0.4) is 0 Å². The first kappa shape index (κ1) is 15.5. The summed E-state index contributed by atoms with van der Waals surface area (Å²) in [5.41, 5.74) is 3.30. The van der Waals surface area contributed by atoms with E-state index in [1.165, 1.54) is 0 Å². The molecular weight excluding hydrogens is 322 g/mol. The SMILES string of the molecule is CCn1nc(C)c2nn(CC(=O)Nc3ccc4c(c3)OCCO4)cc21. The number of rotatable bonds is 4. The van der Waals surface area contributed by atoms with Crippen molar-refractivity contribution in [3.8, 4) is 11.5 Å². The number of aryl methyl sites for hydroxylation is 2. The summed E-state index contributed by atoms with van der Waals surface area (Å²) >= 11 is 0. The number of nitrogens with one attached hydrogen (secondary N) is 1. The Labute approximate surface area is 144 Å². The van der Waals surface area contributed by atoms with Crippen LogP contribution in [0.2, 0.25) is 0 Å². The van der Waals surface area contributed by atoms with Crippen LogP contribution < -0.4 is 14.8 Å². The van der Waals surface area contributed by atoms with E-state index in [9.17, 15) is 4.79 Å². The lowest BCUT2D eigenvalue weighted by atomic mass is 10.2. The molecule has 0 radical (unpaired) electrons. The van der Waals surface area contributed by atoms with Crippen molar-refractivity contribution in [2.24, 2.45) is 0 Å². The van der Waals surface area contributed by atoms with Gasteiger partial charge in [0.05, 0.1) is 11.9 Å². The Kier molecular flexibility index (Phi) is 3.79. The first-order chi connectivity index (χ1) is 12.1. The van der Waals surface area contributed by atoms with Crippen LogP contribution in [-0.2, 0) is 17.9 Å². The first-order valence-corrected chi connectivity index (χ1v) is 8.24. The van der Waals surface area contributed by atoms with E-state index in [0.717, 1.165) is 23.3 Å². The standard InChI is InChI=1S/C17H19N5O3/c1-3-22-13-9-21(20-17(13)11(2)19-22)10-16(23)18-12-4-5-14-15(8-12)25-7-6-24-14/h4-5,8-9H,3,6-7,10H2,1-2H3,(H,18,23).